The van der Waals surface area contributed by atoms with E-state index in [0.29, 0.717) is 17.8 Å². The van der Waals surface area contributed by atoms with E-state index in [-0.39, 0.29) is 60.4 Å². The van der Waals surface area contributed by atoms with Crippen LogP contribution in [0.4, 0.5) is 0 Å². The van der Waals surface area contributed by atoms with Crippen molar-refractivity contribution in [3.05, 3.63) is 0 Å². The number of hydrogen-bond acceptors (Lipinski definition) is 8. The Labute approximate surface area is 252 Å². The summed E-state index contributed by atoms with van der Waals surface area (Å²) in [7, 11) is -9.77. The summed E-state index contributed by atoms with van der Waals surface area (Å²) in [6.45, 7) is 11.4. The molecule has 0 spiro atoms. The minimum atomic E-state index is -4.90. The number of aliphatic hydroxyl groups excluding tert-OH is 2. The van der Waals surface area contributed by atoms with Gasteiger partial charge in [0.05, 0.1) is 6.10 Å². The zero-order chi connectivity index (χ0) is 31.0. The zero-order valence-electron chi connectivity index (χ0n) is 25.7. The first-order valence-electron chi connectivity index (χ1n) is 16.0. The fraction of sp³-hybridized carbons (Fsp3) is 1.00. The van der Waals surface area contributed by atoms with Gasteiger partial charge in [-0.1, -0.05) is 34.6 Å². The van der Waals surface area contributed by atoms with Gasteiger partial charge in [-0.2, -0.15) is 16.8 Å². The third-order valence-corrected chi connectivity index (χ3v) is 14.6. The van der Waals surface area contributed by atoms with E-state index >= 15 is 0 Å². The van der Waals surface area contributed by atoms with Gasteiger partial charge >= 0.3 is 20.8 Å². The van der Waals surface area contributed by atoms with Crippen LogP contribution in [0.2, 0.25) is 0 Å². The second kappa shape index (κ2) is 11.2. The van der Waals surface area contributed by atoms with Crippen LogP contribution in [0.15, 0.2) is 0 Å². The van der Waals surface area contributed by atoms with E-state index in [2.05, 4.69) is 34.6 Å². The minimum Gasteiger partial charge on any atom is -0.396 e. The summed E-state index contributed by atoms with van der Waals surface area (Å²) in [4.78, 5) is 0. The van der Waals surface area contributed by atoms with Gasteiger partial charge in [0, 0.05) is 12.0 Å². The quantitative estimate of drug-likeness (QED) is 0.247. The molecule has 6 unspecified atom stereocenters. The fourth-order valence-corrected chi connectivity index (χ4v) is 12.5. The molecule has 42 heavy (non-hydrogen) atoms. The second-order valence-electron chi connectivity index (χ2n) is 15.5. The summed E-state index contributed by atoms with van der Waals surface area (Å²) in [5, 5.41) is 22.6. The monoisotopic (exact) mass is 636 g/mol. The summed E-state index contributed by atoms with van der Waals surface area (Å²) in [6.07, 6.45) is 4.61. The average Bonchev–Trinajstić information content (AvgIpc) is 3.43. The van der Waals surface area contributed by atoms with Crippen LogP contribution >= 0.6 is 0 Å². The maximum Gasteiger partial charge on any atom is 0.397 e. The van der Waals surface area contributed by atoms with E-state index in [1.54, 1.807) is 0 Å². The lowest BCUT2D eigenvalue weighted by molar-refractivity contribution is -0.162. The van der Waals surface area contributed by atoms with Crippen molar-refractivity contribution in [3.8, 4) is 0 Å². The molecule has 244 valence electrons. The molecule has 0 aromatic carbocycles. The van der Waals surface area contributed by atoms with Gasteiger partial charge in [0.1, 0.15) is 12.2 Å². The number of hydrogen-bond donors (Lipinski definition) is 4. The molecule has 10 nitrogen and oxygen atoms in total. The highest BCUT2D eigenvalue weighted by atomic mass is 32.3. The van der Waals surface area contributed by atoms with Gasteiger partial charge in [-0.15, -0.1) is 0 Å². The summed E-state index contributed by atoms with van der Waals surface area (Å²) in [5.74, 6) is 2.17. The molecule has 4 N–H and O–H groups in total. The van der Waals surface area contributed by atoms with E-state index in [4.69, 9.17) is 8.37 Å². The summed E-state index contributed by atoms with van der Waals surface area (Å²) >= 11 is 0. The Hall–Kier alpha value is -0.340. The first-order valence-corrected chi connectivity index (χ1v) is 18.7. The predicted molar refractivity (Wildman–Crippen MR) is 156 cm³/mol. The van der Waals surface area contributed by atoms with E-state index < -0.39 is 44.5 Å². The Kier molecular flexibility index (Phi) is 8.79. The molecule has 0 heterocycles. The molecule has 5 rings (SSSR count). The van der Waals surface area contributed by atoms with Crippen LogP contribution in [0.1, 0.15) is 98.8 Å². The number of fused-ring (bicyclic) bond motifs is 5. The molecule has 0 amide bonds. The molecule has 0 bridgehead atoms. The van der Waals surface area contributed by atoms with Crippen LogP contribution in [-0.2, 0) is 29.2 Å². The van der Waals surface area contributed by atoms with E-state index in [1.165, 1.54) is 6.42 Å². The lowest BCUT2D eigenvalue weighted by Gasteiger charge is -2.62. The molecule has 12 heteroatoms. The Morgan fingerprint density at radius 1 is 0.905 bits per heavy atom. The highest BCUT2D eigenvalue weighted by Gasteiger charge is 2.65. The van der Waals surface area contributed by atoms with Crippen molar-refractivity contribution in [3.63, 3.8) is 0 Å². The van der Waals surface area contributed by atoms with Gasteiger partial charge in [-0.3, -0.25) is 9.11 Å². The third kappa shape index (κ3) is 5.74. The van der Waals surface area contributed by atoms with Crippen LogP contribution in [-0.4, -0.2) is 61.1 Å². The topological polar surface area (TPSA) is 168 Å². The zero-order valence-corrected chi connectivity index (χ0v) is 27.3. The Bertz CT molecular complexity index is 1220. The highest BCUT2D eigenvalue weighted by molar-refractivity contribution is 7.81. The first kappa shape index (κ1) is 33.0. The maximum atomic E-state index is 11.7. The maximum absolute atomic E-state index is 11.7. The molecule has 5 fully saturated rings. The van der Waals surface area contributed by atoms with E-state index in [0.717, 1.165) is 44.4 Å². The normalized spacial score (nSPS) is 47.9. The fourth-order valence-electron chi connectivity index (χ4n) is 11.5. The first-order chi connectivity index (χ1) is 19.4. The molecule has 5 aliphatic rings. The SMILES string of the molecule is CC(CCC1(C(C)C)CC1C)[C@H]1[C@@H](O)CC2C3CC[C@H]4C[C@H](OS(=O)(=O)O)[C@@H](OS(=O)(=O)O)C[C@]4(C)C3CC[C@@]21CO. The number of rotatable bonds is 10. The Morgan fingerprint density at radius 3 is 2.07 bits per heavy atom. The van der Waals surface area contributed by atoms with Crippen LogP contribution in [0.25, 0.3) is 0 Å². The molecule has 0 radical (unpaired) electrons. The predicted octanol–water partition coefficient (Wildman–Crippen LogP) is 4.67. The van der Waals surface area contributed by atoms with Crippen molar-refractivity contribution >= 4 is 20.8 Å². The van der Waals surface area contributed by atoms with Crippen molar-refractivity contribution in [2.75, 3.05) is 6.61 Å². The van der Waals surface area contributed by atoms with Crippen molar-refractivity contribution in [1.82, 2.24) is 0 Å². The van der Waals surface area contributed by atoms with E-state index in [1.807, 2.05) is 0 Å². The number of aliphatic hydroxyl groups is 2. The van der Waals surface area contributed by atoms with Crippen LogP contribution < -0.4 is 0 Å². The van der Waals surface area contributed by atoms with Crippen LogP contribution in [0, 0.1) is 63.6 Å². The smallest absolute Gasteiger partial charge is 0.396 e. The van der Waals surface area contributed by atoms with Gasteiger partial charge in [-0.25, -0.2) is 8.37 Å². The molecule has 5 aliphatic carbocycles. The molecule has 0 saturated heterocycles. The molecule has 0 aliphatic heterocycles. The van der Waals surface area contributed by atoms with Crippen LogP contribution in [0.3, 0.4) is 0 Å². The molecule has 13 atom stereocenters. The van der Waals surface area contributed by atoms with Gasteiger partial charge < -0.3 is 10.2 Å². The lowest BCUT2D eigenvalue weighted by Crippen LogP contribution is -2.58. The molecule has 5 saturated carbocycles. The van der Waals surface area contributed by atoms with Crippen molar-refractivity contribution < 1.29 is 44.5 Å². The van der Waals surface area contributed by atoms with Crippen molar-refractivity contribution in [2.45, 2.75) is 117 Å². The third-order valence-electron chi connectivity index (χ3n) is 13.6. The van der Waals surface area contributed by atoms with E-state index in [9.17, 15) is 36.2 Å². The van der Waals surface area contributed by atoms with Crippen molar-refractivity contribution in [1.29, 1.82) is 0 Å². The molecular weight excluding hydrogens is 584 g/mol. The van der Waals surface area contributed by atoms with Crippen molar-refractivity contribution in [2.24, 2.45) is 63.6 Å². The lowest BCUT2D eigenvalue weighted by atomic mass is 9.44. The summed E-state index contributed by atoms with van der Waals surface area (Å²) < 4.78 is 75.2. The molecule has 0 aromatic rings. The standard InChI is InChI=1S/C30H52O10S2/c1-17(2)29(14-19(29)4)10-8-18(3)27-24(32)13-23-21-7-6-20-12-25(39-41(33,34)35)26(40-42(36,37)38)15-28(20,5)22(21)9-11-30(23,27)16-31/h17-27,31-32H,6-16H2,1-5H3,(H,33,34,35)(H,36,37,38)/t18?,19?,20-,21?,22?,23?,24-,25-,26-,27-,28-,29?,30+/m0/s1. The largest absolute Gasteiger partial charge is 0.397 e. The van der Waals surface area contributed by atoms with Gasteiger partial charge in [0.25, 0.3) is 0 Å². The molecule has 0 aromatic heterocycles. The Balaban J connectivity index is 1.37. The van der Waals surface area contributed by atoms with Crippen LogP contribution in [0.5, 0.6) is 0 Å². The van der Waals surface area contributed by atoms with Gasteiger partial charge in [-0.05, 0) is 122 Å². The summed E-state index contributed by atoms with van der Waals surface area (Å²) in [6, 6.07) is 0. The van der Waals surface area contributed by atoms with Gasteiger partial charge in [0.2, 0.25) is 0 Å². The summed E-state index contributed by atoms with van der Waals surface area (Å²) in [5.41, 5.74) is -0.398. The average molecular weight is 637 g/mol. The Morgan fingerprint density at radius 2 is 1.52 bits per heavy atom. The van der Waals surface area contributed by atoms with Gasteiger partial charge in [0.15, 0.2) is 0 Å². The minimum absolute atomic E-state index is 0.00201. The molecular formula is C30H52O10S2. The second-order valence-corrected chi connectivity index (χ2v) is 17.6. The highest BCUT2D eigenvalue weighted by Crippen LogP contribution is 2.69.